The predicted molar refractivity (Wildman–Crippen MR) is 52.7 cm³/mol. The van der Waals surface area contributed by atoms with Crippen molar-refractivity contribution in [3.63, 3.8) is 0 Å². The molecule has 74 valence electrons. The fourth-order valence-electron chi connectivity index (χ4n) is 1.27. The summed E-state index contributed by atoms with van der Waals surface area (Å²) >= 11 is 0. The van der Waals surface area contributed by atoms with Gasteiger partial charge in [-0.2, -0.15) is 5.10 Å². The Morgan fingerprint density at radius 2 is 2.43 bits per heavy atom. The molecule has 0 bridgehead atoms. The fraction of sp³-hybridized carbons (Fsp3) is 0.300. The minimum absolute atomic E-state index is 0.779. The standard InChI is InChI=1S/C10H13N3O/c1-2-10(14-7-1)8-11-5-3-9-4-6-12-13-9/h1-2,4,6-7,11H,3,5,8H2,(H,12,13). The van der Waals surface area contributed by atoms with Gasteiger partial charge in [0.25, 0.3) is 0 Å². The molecule has 0 amide bonds. The van der Waals surface area contributed by atoms with Crippen molar-refractivity contribution in [1.82, 2.24) is 15.5 Å². The molecule has 2 aromatic rings. The quantitative estimate of drug-likeness (QED) is 0.701. The van der Waals surface area contributed by atoms with Gasteiger partial charge in [0.15, 0.2) is 0 Å². The van der Waals surface area contributed by atoms with E-state index in [4.69, 9.17) is 4.42 Å². The van der Waals surface area contributed by atoms with Crippen LogP contribution in [0.3, 0.4) is 0 Å². The SMILES string of the molecule is c1coc(CNCCc2ccn[nH]2)c1. The van der Waals surface area contributed by atoms with Gasteiger partial charge in [-0.05, 0) is 18.2 Å². The van der Waals surface area contributed by atoms with Crippen molar-refractivity contribution in [2.45, 2.75) is 13.0 Å². The van der Waals surface area contributed by atoms with Crippen LogP contribution in [0.15, 0.2) is 35.1 Å². The van der Waals surface area contributed by atoms with Gasteiger partial charge in [0.1, 0.15) is 5.76 Å². The zero-order valence-electron chi connectivity index (χ0n) is 7.86. The molecule has 0 atom stereocenters. The molecule has 2 rings (SSSR count). The molecule has 4 nitrogen and oxygen atoms in total. The second-order valence-corrected chi connectivity index (χ2v) is 3.09. The lowest BCUT2D eigenvalue weighted by molar-refractivity contribution is 0.484. The molecule has 4 heteroatoms. The van der Waals surface area contributed by atoms with E-state index in [1.807, 2.05) is 18.2 Å². The summed E-state index contributed by atoms with van der Waals surface area (Å²) in [5, 5.41) is 10.1. The smallest absolute Gasteiger partial charge is 0.117 e. The van der Waals surface area contributed by atoms with Crippen LogP contribution in [0.4, 0.5) is 0 Å². The lowest BCUT2D eigenvalue weighted by Crippen LogP contribution is -2.16. The third kappa shape index (κ3) is 2.47. The molecule has 2 N–H and O–H groups in total. The third-order valence-electron chi connectivity index (χ3n) is 2.01. The first kappa shape index (κ1) is 9.02. The van der Waals surface area contributed by atoms with Crippen LogP contribution in [-0.2, 0) is 13.0 Å². The van der Waals surface area contributed by atoms with E-state index in [2.05, 4.69) is 15.5 Å². The van der Waals surface area contributed by atoms with Gasteiger partial charge in [0.05, 0.1) is 12.8 Å². The van der Waals surface area contributed by atoms with Crippen LogP contribution in [0.2, 0.25) is 0 Å². The van der Waals surface area contributed by atoms with E-state index in [9.17, 15) is 0 Å². The molecule has 2 aromatic heterocycles. The van der Waals surface area contributed by atoms with Gasteiger partial charge < -0.3 is 9.73 Å². The number of aromatic amines is 1. The highest BCUT2D eigenvalue weighted by molar-refractivity contribution is 4.99. The largest absolute Gasteiger partial charge is 0.468 e. The number of hydrogen-bond acceptors (Lipinski definition) is 3. The van der Waals surface area contributed by atoms with Gasteiger partial charge in [-0.3, -0.25) is 5.10 Å². The molecule has 0 aliphatic rings. The van der Waals surface area contributed by atoms with Crippen molar-refractivity contribution in [2.24, 2.45) is 0 Å². The van der Waals surface area contributed by atoms with Crippen LogP contribution in [0, 0.1) is 0 Å². The number of furan rings is 1. The van der Waals surface area contributed by atoms with Gasteiger partial charge in [0, 0.05) is 24.9 Å². The molecule has 0 saturated heterocycles. The first-order chi connectivity index (χ1) is 6.95. The fourth-order valence-corrected chi connectivity index (χ4v) is 1.27. The molecule has 0 radical (unpaired) electrons. The summed E-state index contributed by atoms with van der Waals surface area (Å²) < 4.78 is 5.19. The number of hydrogen-bond donors (Lipinski definition) is 2. The Labute approximate surface area is 82.3 Å². The number of nitrogens with zero attached hydrogens (tertiary/aromatic N) is 1. The van der Waals surface area contributed by atoms with E-state index in [1.54, 1.807) is 12.5 Å². The van der Waals surface area contributed by atoms with Crippen LogP contribution < -0.4 is 5.32 Å². The van der Waals surface area contributed by atoms with E-state index >= 15 is 0 Å². The lowest BCUT2D eigenvalue weighted by atomic mass is 10.3. The van der Waals surface area contributed by atoms with Crippen molar-refractivity contribution in [2.75, 3.05) is 6.54 Å². The molecule has 0 saturated carbocycles. The van der Waals surface area contributed by atoms with Gasteiger partial charge in [-0.15, -0.1) is 0 Å². The summed E-state index contributed by atoms with van der Waals surface area (Å²) in [6, 6.07) is 5.84. The molecular formula is C10H13N3O. The van der Waals surface area contributed by atoms with Crippen LogP contribution in [0.1, 0.15) is 11.5 Å². The molecule has 0 aliphatic carbocycles. The predicted octanol–water partition coefficient (Wildman–Crippen LogP) is 1.33. The first-order valence-electron chi connectivity index (χ1n) is 4.66. The van der Waals surface area contributed by atoms with E-state index < -0.39 is 0 Å². The Hall–Kier alpha value is -1.55. The van der Waals surface area contributed by atoms with Gasteiger partial charge in [0.2, 0.25) is 0 Å². The second-order valence-electron chi connectivity index (χ2n) is 3.09. The Morgan fingerprint density at radius 1 is 1.43 bits per heavy atom. The van der Waals surface area contributed by atoms with E-state index in [0.29, 0.717) is 0 Å². The Balaban J connectivity index is 1.65. The maximum absolute atomic E-state index is 5.19. The highest BCUT2D eigenvalue weighted by Gasteiger charge is 1.95. The lowest BCUT2D eigenvalue weighted by Gasteiger charge is -2.00. The van der Waals surface area contributed by atoms with Crippen LogP contribution in [0.25, 0.3) is 0 Å². The number of aromatic nitrogens is 2. The molecule has 0 unspecified atom stereocenters. The van der Waals surface area contributed by atoms with E-state index in [1.165, 1.54) is 0 Å². The van der Waals surface area contributed by atoms with E-state index in [0.717, 1.165) is 31.0 Å². The summed E-state index contributed by atoms with van der Waals surface area (Å²) in [6.45, 7) is 1.70. The van der Waals surface area contributed by atoms with Crippen molar-refractivity contribution in [3.05, 3.63) is 42.1 Å². The Kier molecular flexibility index (Phi) is 2.98. The molecule has 0 aromatic carbocycles. The Morgan fingerprint density at radius 3 is 3.14 bits per heavy atom. The minimum atomic E-state index is 0.779. The molecule has 0 spiro atoms. The topological polar surface area (TPSA) is 53.9 Å². The maximum atomic E-state index is 5.19. The molecule has 14 heavy (non-hydrogen) atoms. The molecule has 2 heterocycles. The van der Waals surface area contributed by atoms with Crippen molar-refractivity contribution >= 4 is 0 Å². The van der Waals surface area contributed by atoms with Crippen molar-refractivity contribution in [3.8, 4) is 0 Å². The summed E-state index contributed by atoms with van der Waals surface area (Å²) in [5.41, 5.74) is 1.15. The number of nitrogens with one attached hydrogen (secondary N) is 2. The number of rotatable bonds is 5. The van der Waals surface area contributed by atoms with Crippen molar-refractivity contribution in [1.29, 1.82) is 0 Å². The van der Waals surface area contributed by atoms with Gasteiger partial charge in [-0.25, -0.2) is 0 Å². The van der Waals surface area contributed by atoms with Crippen LogP contribution >= 0.6 is 0 Å². The zero-order valence-corrected chi connectivity index (χ0v) is 7.86. The summed E-state index contributed by atoms with van der Waals surface area (Å²) in [5.74, 6) is 0.967. The second kappa shape index (κ2) is 4.62. The van der Waals surface area contributed by atoms with Crippen LogP contribution in [0.5, 0.6) is 0 Å². The first-order valence-corrected chi connectivity index (χ1v) is 4.66. The number of H-pyrrole nitrogens is 1. The molecule has 0 aliphatic heterocycles. The molecular weight excluding hydrogens is 178 g/mol. The minimum Gasteiger partial charge on any atom is -0.468 e. The van der Waals surface area contributed by atoms with E-state index in [-0.39, 0.29) is 0 Å². The summed E-state index contributed by atoms with van der Waals surface area (Å²) in [6.07, 6.45) is 4.41. The highest BCUT2D eigenvalue weighted by Crippen LogP contribution is 1.98. The highest BCUT2D eigenvalue weighted by atomic mass is 16.3. The third-order valence-corrected chi connectivity index (χ3v) is 2.01. The normalized spacial score (nSPS) is 10.6. The van der Waals surface area contributed by atoms with Gasteiger partial charge in [-0.1, -0.05) is 0 Å². The van der Waals surface area contributed by atoms with Gasteiger partial charge >= 0.3 is 0 Å². The van der Waals surface area contributed by atoms with Crippen LogP contribution in [-0.4, -0.2) is 16.7 Å². The summed E-state index contributed by atoms with van der Waals surface area (Å²) in [7, 11) is 0. The Bertz CT molecular complexity index is 303. The average Bonchev–Trinajstić information content (AvgIpc) is 2.86. The zero-order chi connectivity index (χ0) is 9.64. The maximum Gasteiger partial charge on any atom is 0.117 e. The monoisotopic (exact) mass is 191 g/mol. The average molecular weight is 191 g/mol. The summed E-state index contributed by atoms with van der Waals surface area (Å²) in [4.78, 5) is 0. The van der Waals surface area contributed by atoms with Crippen molar-refractivity contribution < 1.29 is 4.42 Å². The molecule has 0 fully saturated rings.